The molecule has 2 aromatic carbocycles. The lowest BCUT2D eigenvalue weighted by atomic mass is 10.1. The molecule has 1 heterocycles. The van der Waals surface area contributed by atoms with Gasteiger partial charge in [0.15, 0.2) is 11.5 Å². The van der Waals surface area contributed by atoms with Crippen LogP contribution in [0, 0.1) is 3.57 Å². The third kappa shape index (κ3) is 5.14. The summed E-state index contributed by atoms with van der Waals surface area (Å²) in [6.45, 7) is 4.39. The first-order chi connectivity index (χ1) is 13.9. The van der Waals surface area contributed by atoms with E-state index in [0.29, 0.717) is 38.9 Å². The third-order valence-corrected chi connectivity index (χ3v) is 6.61. The van der Waals surface area contributed by atoms with Crippen LogP contribution in [0.3, 0.4) is 0 Å². The van der Waals surface area contributed by atoms with E-state index in [4.69, 9.17) is 33.3 Å². The monoisotopic (exact) mass is 557 g/mol. The Morgan fingerprint density at radius 1 is 1.34 bits per heavy atom. The molecule has 0 radical (unpaired) electrons. The largest absolute Gasteiger partial charge is 0.493 e. The maximum Gasteiger partial charge on any atom is 0.266 e. The topological polar surface area (TPSA) is 38.8 Å². The van der Waals surface area contributed by atoms with Gasteiger partial charge in [0, 0.05) is 17.1 Å². The van der Waals surface area contributed by atoms with E-state index in [1.165, 1.54) is 16.7 Å². The lowest BCUT2D eigenvalue weighted by Crippen LogP contribution is -2.27. The summed E-state index contributed by atoms with van der Waals surface area (Å²) in [5.41, 5.74) is 1.72. The van der Waals surface area contributed by atoms with Gasteiger partial charge in [-0.25, -0.2) is 0 Å². The highest BCUT2D eigenvalue weighted by Gasteiger charge is 2.31. The molecule has 150 valence electrons. The van der Waals surface area contributed by atoms with Gasteiger partial charge in [-0.15, -0.1) is 6.58 Å². The fourth-order valence-corrected chi connectivity index (χ4v) is 4.91. The molecule has 29 heavy (non-hydrogen) atoms. The number of halogens is 2. The minimum atomic E-state index is -0.118. The van der Waals surface area contributed by atoms with E-state index in [-0.39, 0.29) is 5.91 Å². The molecule has 1 aliphatic rings. The van der Waals surface area contributed by atoms with Crippen molar-refractivity contribution in [2.24, 2.45) is 0 Å². The molecule has 0 unspecified atom stereocenters. The zero-order valence-electron chi connectivity index (χ0n) is 15.5. The molecule has 0 aliphatic carbocycles. The van der Waals surface area contributed by atoms with Crippen LogP contribution in [0.1, 0.15) is 11.1 Å². The third-order valence-electron chi connectivity index (χ3n) is 4.06. The van der Waals surface area contributed by atoms with Crippen molar-refractivity contribution in [3.8, 4) is 11.5 Å². The van der Waals surface area contributed by atoms with Gasteiger partial charge in [-0.2, -0.15) is 0 Å². The summed E-state index contributed by atoms with van der Waals surface area (Å²) in [6.07, 6.45) is 3.47. The number of hydrogen-bond acceptors (Lipinski definition) is 5. The summed E-state index contributed by atoms with van der Waals surface area (Å²) in [5, 5.41) is 0.652. The summed E-state index contributed by atoms with van der Waals surface area (Å²) in [5.74, 6) is 1.09. The Bertz CT molecular complexity index is 1010. The lowest BCUT2D eigenvalue weighted by Gasteiger charge is -2.14. The van der Waals surface area contributed by atoms with Gasteiger partial charge in [-0.05, 0) is 52.4 Å². The van der Waals surface area contributed by atoms with Crippen molar-refractivity contribution in [3.63, 3.8) is 0 Å². The molecule has 2 aromatic rings. The standard InChI is InChI=1S/C21H17ClINO3S2/c1-3-8-24-20(25)18(29-21(24)28)11-13-9-16(23)19(17(10-13)26-2)27-12-14-6-4-5-7-15(14)22/h3-7,9-11H,1,8,12H2,2H3/b18-11+. The number of carbonyl (C=O) groups is 1. The highest BCUT2D eigenvalue weighted by molar-refractivity contribution is 14.1. The number of rotatable bonds is 7. The van der Waals surface area contributed by atoms with Gasteiger partial charge in [0.25, 0.3) is 5.91 Å². The average Bonchev–Trinajstić information content (AvgIpc) is 2.95. The molecule has 1 fully saturated rings. The van der Waals surface area contributed by atoms with Crippen LogP contribution in [0.2, 0.25) is 5.02 Å². The van der Waals surface area contributed by atoms with Crippen LogP contribution in [0.5, 0.6) is 11.5 Å². The Labute approximate surface area is 198 Å². The van der Waals surface area contributed by atoms with Crippen molar-refractivity contribution in [2.45, 2.75) is 6.61 Å². The Balaban J connectivity index is 1.85. The maximum atomic E-state index is 12.5. The first kappa shape index (κ1) is 22.1. The SMILES string of the molecule is C=CCN1C(=O)/C(=C\c2cc(I)c(OCc3ccccc3Cl)c(OC)c2)SC1=S. The minimum absolute atomic E-state index is 0.118. The lowest BCUT2D eigenvalue weighted by molar-refractivity contribution is -0.121. The molecule has 1 aliphatic heterocycles. The van der Waals surface area contributed by atoms with E-state index in [1.807, 2.05) is 42.5 Å². The first-order valence-electron chi connectivity index (χ1n) is 8.54. The van der Waals surface area contributed by atoms with E-state index in [9.17, 15) is 4.79 Å². The Morgan fingerprint density at radius 2 is 2.10 bits per heavy atom. The number of ether oxygens (including phenoxy) is 2. The predicted octanol–water partition coefficient (Wildman–Crippen LogP) is 5.92. The fourth-order valence-electron chi connectivity index (χ4n) is 2.67. The molecular formula is C21H17ClINO3S2. The Hall–Kier alpha value is -1.55. The molecule has 1 saturated heterocycles. The Morgan fingerprint density at radius 3 is 2.79 bits per heavy atom. The van der Waals surface area contributed by atoms with Gasteiger partial charge in [-0.3, -0.25) is 9.69 Å². The minimum Gasteiger partial charge on any atom is -0.493 e. The highest BCUT2D eigenvalue weighted by atomic mass is 127. The van der Waals surface area contributed by atoms with E-state index >= 15 is 0 Å². The number of nitrogens with zero attached hydrogens (tertiary/aromatic N) is 1. The first-order valence-corrected chi connectivity index (χ1v) is 11.2. The van der Waals surface area contributed by atoms with Crippen LogP contribution in [-0.4, -0.2) is 28.8 Å². The van der Waals surface area contributed by atoms with Crippen LogP contribution in [0.4, 0.5) is 0 Å². The predicted molar refractivity (Wildman–Crippen MR) is 132 cm³/mol. The fraction of sp³-hybridized carbons (Fsp3) is 0.143. The molecule has 4 nitrogen and oxygen atoms in total. The van der Waals surface area contributed by atoms with Crippen LogP contribution in [0.15, 0.2) is 54.0 Å². The number of amides is 1. The quantitative estimate of drug-likeness (QED) is 0.183. The second-order valence-corrected chi connectivity index (χ2v) is 9.24. The molecule has 0 spiro atoms. The molecule has 8 heteroatoms. The molecule has 0 aromatic heterocycles. The van der Waals surface area contributed by atoms with E-state index in [2.05, 4.69) is 29.2 Å². The second kappa shape index (κ2) is 9.97. The number of thioether (sulfide) groups is 1. The van der Waals surface area contributed by atoms with Gasteiger partial charge in [0.2, 0.25) is 0 Å². The summed E-state index contributed by atoms with van der Waals surface area (Å²) in [6, 6.07) is 11.3. The van der Waals surface area contributed by atoms with Gasteiger partial charge < -0.3 is 9.47 Å². The van der Waals surface area contributed by atoms with Crippen molar-refractivity contribution < 1.29 is 14.3 Å². The number of thiocarbonyl (C=S) groups is 1. The summed E-state index contributed by atoms with van der Waals surface area (Å²) in [7, 11) is 1.58. The van der Waals surface area contributed by atoms with Crippen molar-refractivity contribution in [2.75, 3.05) is 13.7 Å². The molecule has 0 atom stereocenters. The molecule has 0 bridgehead atoms. The van der Waals surface area contributed by atoms with Crippen molar-refractivity contribution in [1.82, 2.24) is 4.90 Å². The Kier molecular flexibility index (Phi) is 7.61. The molecule has 3 rings (SSSR count). The number of hydrogen-bond donors (Lipinski definition) is 0. The molecule has 0 saturated carbocycles. The van der Waals surface area contributed by atoms with E-state index in [1.54, 1.807) is 13.2 Å². The van der Waals surface area contributed by atoms with Crippen molar-refractivity contribution in [3.05, 3.63) is 73.7 Å². The maximum absolute atomic E-state index is 12.5. The molecule has 0 N–H and O–H groups in total. The van der Waals surface area contributed by atoms with Crippen LogP contribution in [0.25, 0.3) is 6.08 Å². The molecule has 1 amide bonds. The summed E-state index contributed by atoms with van der Waals surface area (Å²) in [4.78, 5) is 14.6. The smallest absolute Gasteiger partial charge is 0.266 e. The van der Waals surface area contributed by atoms with Gasteiger partial charge in [-0.1, -0.05) is 59.9 Å². The molecular weight excluding hydrogens is 541 g/mol. The second-order valence-electron chi connectivity index (χ2n) is 6.00. The van der Waals surface area contributed by atoms with Crippen LogP contribution >= 0.6 is 58.2 Å². The highest BCUT2D eigenvalue weighted by Crippen LogP contribution is 2.38. The summed E-state index contributed by atoms with van der Waals surface area (Å²) >= 11 is 15.0. The number of carbonyl (C=O) groups excluding carboxylic acids is 1. The van der Waals surface area contributed by atoms with E-state index < -0.39 is 0 Å². The normalized spacial score (nSPS) is 15.1. The van der Waals surface area contributed by atoms with Gasteiger partial charge >= 0.3 is 0 Å². The van der Waals surface area contributed by atoms with E-state index in [0.717, 1.165) is 14.7 Å². The van der Waals surface area contributed by atoms with Crippen molar-refractivity contribution >= 4 is 74.5 Å². The number of benzene rings is 2. The van der Waals surface area contributed by atoms with Crippen LogP contribution in [-0.2, 0) is 11.4 Å². The van der Waals surface area contributed by atoms with Crippen molar-refractivity contribution in [1.29, 1.82) is 0 Å². The summed E-state index contributed by atoms with van der Waals surface area (Å²) < 4.78 is 12.9. The zero-order valence-corrected chi connectivity index (χ0v) is 20.0. The van der Waals surface area contributed by atoms with Crippen LogP contribution < -0.4 is 9.47 Å². The number of methoxy groups -OCH3 is 1. The zero-order chi connectivity index (χ0) is 21.0. The average molecular weight is 558 g/mol. The van der Waals surface area contributed by atoms with Gasteiger partial charge in [0.1, 0.15) is 10.9 Å². The van der Waals surface area contributed by atoms with Gasteiger partial charge in [0.05, 0.1) is 15.6 Å².